The number of anilines is 1. The van der Waals surface area contributed by atoms with Crippen LogP contribution in [0, 0.1) is 11.6 Å². The number of hydrogen-bond donors (Lipinski definition) is 1. The topological polar surface area (TPSA) is 71.8 Å². The Kier molecular flexibility index (Phi) is 5.53. The van der Waals surface area contributed by atoms with E-state index in [0.717, 1.165) is 17.0 Å². The number of amides is 2. The summed E-state index contributed by atoms with van der Waals surface area (Å²) < 4.78 is 37.7. The number of carbonyl (C=O) groups excluding carboxylic acids is 2. The van der Waals surface area contributed by atoms with Crippen LogP contribution in [0.4, 0.5) is 14.5 Å². The predicted octanol–water partition coefficient (Wildman–Crippen LogP) is 4.35. The molecule has 1 aliphatic heterocycles. The van der Waals surface area contributed by atoms with Crippen molar-refractivity contribution >= 4 is 23.1 Å². The van der Waals surface area contributed by atoms with Crippen molar-refractivity contribution < 1.29 is 27.5 Å². The van der Waals surface area contributed by atoms with Gasteiger partial charge >= 0.3 is 0 Å². The molecule has 2 aromatic carbocycles. The summed E-state index contributed by atoms with van der Waals surface area (Å²) in [6.07, 6.45) is 1.45. The van der Waals surface area contributed by atoms with Crippen LogP contribution in [0.1, 0.15) is 18.2 Å². The average Bonchev–Trinajstić information content (AvgIpc) is 3.35. The van der Waals surface area contributed by atoms with Crippen molar-refractivity contribution in [2.24, 2.45) is 0 Å². The van der Waals surface area contributed by atoms with Gasteiger partial charge in [0.1, 0.15) is 17.2 Å². The first-order valence-corrected chi connectivity index (χ1v) is 9.56. The molecular formula is C23H18F2N2O4. The third-order valence-electron chi connectivity index (χ3n) is 4.71. The summed E-state index contributed by atoms with van der Waals surface area (Å²) in [5, 5.41) is 2.79. The highest BCUT2D eigenvalue weighted by Crippen LogP contribution is 2.32. The molecule has 1 N–H and O–H groups in total. The Morgan fingerprint density at radius 1 is 1.00 bits per heavy atom. The zero-order chi connectivity index (χ0) is 22.0. The molecule has 0 fully saturated rings. The Hall–Kier alpha value is -3.94. The summed E-state index contributed by atoms with van der Waals surface area (Å²) in [5.41, 5.74) is 0.697. The second kappa shape index (κ2) is 8.43. The average molecular weight is 424 g/mol. The number of rotatable bonds is 7. The third-order valence-corrected chi connectivity index (χ3v) is 4.71. The number of furan rings is 1. The Balaban J connectivity index is 1.73. The second-order valence-corrected chi connectivity index (χ2v) is 6.74. The van der Waals surface area contributed by atoms with Crippen molar-refractivity contribution in [1.29, 1.82) is 0 Å². The monoisotopic (exact) mass is 424 g/mol. The fourth-order valence-corrected chi connectivity index (χ4v) is 3.26. The van der Waals surface area contributed by atoms with Crippen LogP contribution in [0.5, 0.6) is 5.75 Å². The van der Waals surface area contributed by atoms with Crippen molar-refractivity contribution in [2.45, 2.75) is 13.5 Å². The molecule has 6 nitrogen and oxygen atoms in total. The van der Waals surface area contributed by atoms with Crippen molar-refractivity contribution in [2.75, 3.05) is 11.9 Å². The molecule has 0 unspecified atom stereocenters. The fraction of sp³-hybridized carbons (Fsp3) is 0.130. The summed E-state index contributed by atoms with van der Waals surface area (Å²) in [5.74, 6) is -2.17. The van der Waals surface area contributed by atoms with E-state index in [1.54, 1.807) is 36.4 Å². The molecule has 4 rings (SSSR count). The minimum absolute atomic E-state index is 0.0354. The molecule has 3 aromatic rings. The molecule has 0 aliphatic carbocycles. The standard InChI is InChI=1S/C23H18F2N2O4/c1-2-30-16-8-5-14(6-9-16)20-21(26-15-7-10-18(24)19(25)12-15)23(29)27(22(20)28)13-17-4-3-11-31-17/h3-12,26H,2,13H2,1H3. The van der Waals surface area contributed by atoms with Gasteiger partial charge in [-0.25, -0.2) is 8.78 Å². The van der Waals surface area contributed by atoms with Gasteiger partial charge in [-0.2, -0.15) is 0 Å². The Morgan fingerprint density at radius 2 is 1.77 bits per heavy atom. The molecule has 0 saturated heterocycles. The van der Waals surface area contributed by atoms with Gasteiger partial charge in [-0.3, -0.25) is 14.5 Å². The normalized spacial score (nSPS) is 13.8. The van der Waals surface area contributed by atoms with Gasteiger partial charge in [0.05, 0.1) is 25.0 Å². The quantitative estimate of drug-likeness (QED) is 0.571. The third kappa shape index (κ3) is 4.05. The van der Waals surface area contributed by atoms with Crippen molar-refractivity contribution in [1.82, 2.24) is 4.90 Å². The molecule has 0 radical (unpaired) electrons. The molecule has 31 heavy (non-hydrogen) atoms. The number of carbonyl (C=O) groups is 2. The lowest BCUT2D eigenvalue weighted by Gasteiger charge is -2.13. The highest BCUT2D eigenvalue weighted by Gasteiger charge is 2.39. The van der Waals surface area contributed by atoms with Gasteiger partial charge in [-0.1, -0.05) is 12.1 Å². The van der Waals surface area contributed by atoms with Gasteiger partial charge in [-0.05, 0) is 48.9 Å². The van der Waals surface area contributed by atoms with Gasteiger partial charge in [0.25, 0.3) is 11.8 Å². The van der Waals surface area contributed by atoms with E-state index in [4.69, 9.17) is 9.15 Å². The lowest BCUT2D eigenvalue weighted by molar-refractivity contribution is -0.137. The van der Waals surface area contributed by atoms with Gasteiger partial charge in [-0.15, -0.1) is 0 Å². The van der Waals surface area contributed by atoms with E-state index in [1.165, 1.54) is 12.3 Å². The minimum atomic E-state index is -1.07. The van der Waals surface area contributed by atoms with Gasteiger partial charge in [0.2, 0.25) is 0 Å². The number of hydrogen-bond acceptors (Lipinski definition) is 5. The Bertz CT molecular complexity index is 1150. The van der Waals surface area contributed by atoms with Gasteiger partial charge in [0, 0.05) is 11.8 Å². The number of imide groups is 1. The molecule has 1 aliphatic rings. The van der Waals surface area contributed by atoms with Gasteiger partial charge < -0.3 is 14.5 Å². The lowest BCUT2D eigenvalue weighted by atomic mass is 10.0. The molecular weight excluding hydrogens is 406 g/mol. The van der Waals surface area contributed by atoms with Crippen LogP contribution in [0.2, 0.25) is 0 Å². The molecule has 0 spiro atoms. The first-order valence-electron chi connectivity index (χ1n) is 9.56. The molecule has 0 saturated carbocycles. The molecule has 2 heterocycles. The number of ether oxygens (including phenoxy) is 1. The summed E-state index contributed by atoms with van der Waals surface area (Å²) >= 11 is 0. The number of nitrogens with one attached hydrogen (secondary N) is 1. The zero-order valence-corrected chi connectivity index (χ0v) is 16.5. The molecule has 8 heteroatoms. The highest BCUT2D eigenvalue weighted by atomic mass is 19.2. The van der Waals surface area contributed by atoms with E-state index >= 15 is 0 Å². The first kappa shape index (κ1) is 20.3. The number of benzene rings is 2. The van der Waals surface area contributed by atoms with E-state index < -0.39 is 23.4 Å². The van der Waals surface area contributed by atoms with Crippen LogP contribution in [0.3, 0.4) is 0 Å². The Labute approximate surface area is 176 Å². The summed E-state index contributed by atoms with van der Waals surface area (Å²) in [6, 6.07) is 13.2. The Morgan fingerprint density at radius 3 is 2.42 bits per heavy atom. The van der Waals surface area contributed by atoms with Crippen LogP contribution in [0.15, 0.2) is 71.0 Å². The van der Waals surface area contributed by atoms with Crippen LogP contribution < -0.4 is 10.1 Å². The van der Waals surface area contributed by atoms with E-state index in [9.17, 15) is 18.4 Å². The number of nitrogens with zero attached hydrogens (tertiary/aromatic N) is 1. The number of halogens is 2. The van der Waals surface area contributed by atoms with Crippen molar-refractivity contribution in [3.8, 4) is 5.75 Å². The second-order valence-electron chi connectivity index (χ2n) is 6.74. The van der Waals surface area contributed by atoms with Crippen LogP contribution >= 0.6 is 0 Å². The zero-order valence-electron chi connectivity index (χ0n) is 16.5. The van der Waals surface area contributed by atoms with E-state index in [-0.39, 0.29) is 23.5 Å². The largest absolute Gasteiger partial charge is 0.494 e. The SMILES string of the molecule is CCOc1ccc(C2=C(Nc3ccc(F)c(F)c3)C(=O)N(Cc3ccco3)C2=O)cc1. The van der Waals surface area contributed by atoms with E-state index in [2.05, 4.69) is 5.32 Å². The van der Waals surface area contributed by atoms with Crippen LogP contribution in [0.25, 0.3) is 5.57 Å². The molecule has 0 bridgehead atoms. The maximum Gasteiger partial charge on any atom is 0.278 e. The summed E-state index contributed by atoms with van der Waals surface area (Å²) in [7, 11) is 0. The highest BCUT2D eigenvalue weighted by molar-refractivity contribution is 6.36. The summed E-state index contributed by atoms with van der Waals surface area (Å²) in [4.78, 5) is 27.3. The summed E-state index contributed by atoms with van der Waals surface area (Å²) in [6.45, 7) is 2.28. The van der Waals surface area contributed by atoms with Crippen molar-refractivity contribution in [3.05, 3.63) is 89.5 Å². The van der Waals surface area contributed by atoms with E-state index in [1.807, 2.05) is 6.92 Å². The smallest absolute Gasteiger partial charge is 0.278 e. The lowest BCUT2D eigenvalue weighted by Crippen LogP contribution is -2.31. The van der Waals surface area contributed by atoms with Gasteiger partial charge in [0.15, 0.2) is 11.6 Å². The first-order chi connectivity index (χ1) is 15.0. The van der Waals surface area contributed by atoms with Crippen molar-refractivity contribution in [3.63, 3.8) is 0 Å². The minimum Gasteiger partial charge on any atom is -0.494 e. The molecule has 158 valence electrons. The predicted molar refractivity (Wildman–Crippen MR) is 109 cm³/mol. The fourth-order valence-electron chi connectivity index (χ4n) is 3.26. The maximum atomic E-state index is 13.7. The van der Waals surface area contributed by atoms with E-state index in [0.29, 0.717) is 23.7 Å². The maximum absolute atomic E-state index is 13.7. The van der Waals surface area contributed by atoms with Crippen LogP contribution in [-0.4, -0.2) is 23.3 Å². The molecule has 0 atom stereocenters. The molecule has 2 amide bonds. The molecule has 1 aromatic heterocycles. The van der Waals surface area contributed by atoms with Crippen LogP contribution in [-0.2, 0) is 16.1 Å².